The first-order valence-corrected chi connectivity index (χ1v) is 1.91. The fourth-order valence-corrected chi connectivity index (χ4v) is 0. The molecule has 0 amide bonds. The minimum Gasteiger partial charge on any atom is 2.00 e. The van der Waals surface area contributed by atoms with E-state index in [-0.39, 0.29) is 85.4 Å². The van der Waals surface area contributed by atoms with Gasteiger partial charge in [0.25, 0.3) is 0 Å². The quantitative estimate of drug-likeness (QED) is 0.442. The van der Waals surface area contributed by atoms with E-state index in [9.17, 15) is 0 Å². The normalized spacial score (nSPS) is 5.83. The Morgan fingerprint density at radius 2 is 1.33 bits per heavy atom. The molecule has 0 heterocycles. The van der Waals surface area contributed by atoms with Crippen molar-refractivity contribution in [1.82, 2.24) is 0 Å². The molecule has 0 unspecified atom stereocenters. The first-order chi connectivity index (χ1) is 1.73. The maximum absolute atomic E-state index is 8.52. The topological polar surface area (TPSA) is 63.2 Å². The molecule has 6 heavy (non-hydrogen) atoms. The Kier molecular flexibility index (Phi) is 29.2. The van der Waals surface area contributed by atoms with Gasteiger partial charge in [-0.25, -0.2) is 0 Å². The minimum atomic E-state index is -3.65. The van der Waals surface area contributed by atoms with Gasteiger partial charge in [0.15, 0.2) is 0 Å². The predicted molar refractivity (Wildman–Crippen MR) is 6.44 cm³/mol. The van der Waals surface area contributed by atoms with Crippen LogP contribution in [0.15, 0.2) is 0 Å². The average molecular weight is 348 g/mol. The molecule has 0 aliphatic heterocycles. The maximum Gasteiger partial charge on any atom is 2.00 e. The SMILES string of the molecule is [Gd+3].[O]=[Mn]([O-])[O-].[Sr+2]. The van der Waals surface area contributed by atoms with Crippen molar-refractivity contribution in [3.8, 4) is 0 Å². The van der Waals surface area contributed by atoms with Crippen LogP contribution >= 0.6 is 0 Å². The number of rotatable bonds is 0. The Bertz CT molecular complexity index is 33.8. The van der Waals surface area contributed by atoms with Crippen LogP contribution in [0.4, 0.5) is 0 Å². The molecule has 32 valence electrons. The van der Waals surface area contributed by atoms with Gasteiger partial charge in [-0.15, -0.1) is 0 Å². The Hall–Kier alpha value is 3.04. The van der Waals surface area contributed by atoms with Crippen LogP contribution in [0.25, 0.3) is 0 Å². The summed E-state index contributed by atoms with van der Waals surface area (Å²) < 4.78 is 25.6. The van der Waals surface area contributed by atoms with Gasteiger partial charge in [-0.3, -0.25) is 0 Å². The van der Waals surface area contributed by atoms with Gasteiger partial charge >= 0.3 is 112 Å². The van der Waals surface area contributed by atoms with Crippen LogP contribution < -0.4 is 8.38 Å². The Morgan fingerprint density at radius 1 is 1.33 bits per heavy atom. The zero-order chi connectivity index (χ0) is 3.58. The van der Waals surface area contributed by atoms with Crippen molar-refractivity contribution < 1.29 is 66.6 Å². The van der Waals surface area contributed by atoms with Gasteiger partial charge < -0.3 is 0 Å². The van der Waals surface area contributed by atoms with E-state index in [0.717, 1.165) is 0 Å². The summed E-state index contributed by atoms with van der Waals surface area (Å²) >= 11 is -3.65. The van der Waals surface area contributed by atoms with Crippen molar-refractivity contribution in [2.75, 3.05) is 0 Å². The van der Waals surface area contributed by atoms with Gasteiger partial charge in [0.1, 0.15) is 0 Å². The zero-order valence-electron chi connectivity index (χ0n) is 2.66. The summed E-state index contributed by atoms with van der Waals surface area (Å²) in [5.74, 6) is 0. The van der Waals surface area contributed by atoms with E-state index in [2.05, 4.69) is 0 Å². The molecule has 0 saturated heterocycles. The second kappa shape index (κ2) is 10.9. The van der Waals surface area contributed by atoms with Gasteiger partial charge in [-0.2, -0.15) is 0 Å². The third-order valence-corrected chi connectivity index (χ3v) is 0. The van der Waals surface area contributed by atoms with E-state index in [1.165, 1.54) is 0 Å². The summed E-state index contributed by atoms with van der Waals surface area (Å²) in [4.78, 5) is 0. The second-order valence-corrected chi connectivity index (χ2v) is 0.779. The van der Waals surface area contributed by atoms with Crippen LogP contribution in [0.5, 0.6) is 0 Å². The smallest absolute Gasteiger partial charge is 2.00 e. The molecule has 0 fully saturated rings. The molecule has 0 spiro atoms. The molecule has 0 saturated carbocycles. The molecule has 6 heteroatoms. The van der Waals surface area contributed by atoms with Crippen molar-refractivity contribution in [3.05, 3.63) is 0 Å². The van der Waals surface area contributed by atoms with Crippen molar-refractivity contribution in [3.63, 3.8) is 0 Å². The van der Waals surface area contributed by atoms with Crippen LogP contribution in [0.2, 0.25) is 0 Å². The van der Waals surface area contributed by atoms with Gasteiger partial charge in [-0.1, -0.05) is 0 Å². The molecule has 0 aliphatic rings. The van der Waals surface area contributed by atoms with Crippen LogP contribution in [-0.4, -0.2) is 45.5 Å². The van der Waals surface area contributed by atoms with Crippen LogP contribution in [0.1, 0.15) is 0 Å². The monoisotopic (exact) mass is 349 g/mol. The number of hydrogen-bond acceptors (Lipinski definition) is 3. The molecule has 0 bridgehead atoms. The summed E-state index contributed by atoms with van der Waals surface area (Å²) in [5, 5.41) is 0. The molecule has 0 atom stereocenters. The largest absolute Gasteiger partial charge is 2.00 e. The fraction of sp³-hybridized carbons (Fsp3) is 0. The van der Waals surface area contributed by atoms with Crippen LogP contribution in [-0.2, 0) is 18.3 Å². The average Bonchev–Trinajstić information content (AvgIpc) is 0.811. The molecule has 0 aromatic heterocycles. The summed E-state index contributed by atoms with van der Waals surface area (Å²) in [6.45, 7) is 0. The first kappa shape index (κ1) is 16.0. The van der Waals surface area contributed by atoms with E-state index in [1.54, 1.807) is 0 Å². The second-order valence-electron chi connectivity index (χ2n) is 0.189. The standard InChI is InChI=1S/Gd.Mn.3O.Sr/q+3;;;2*-1;+2. The van der Waals surface area contributed by atoms with E-state index in [4.69, 9.17) is 12.2 Å². The molecule has 1 radical (unpaired) electrons. The molecule has 3 nitrogen and oxygen atoms in total. The Morgan fingerprint density at radius 3 is 1.33 bits per heavy atom. The fourth-order valence-electron chi connectivity index (χ4n) is 0. The van der Waals surface area contributed by atoms with E-state index < -0.39 is 14.5 Å². The van der Waals surface area contributed by atoms with Gasteiger partial charge in [-0.05, 0) is 0 Å². The molecule has 0 aliphatic carbocycles. The molecular weight excluding hydrogens is 348 g/mol. The first-order valence-electron chi connectivity index (χ1n) is 0.463. The molecule has 0 rings (SSSR count). The molecule has 0 aromatic carbocycles. The maximum atomic E-state index is 8.52. The zero-order valence-corrected chi connectivity index (χ0v) is 9.59. The summed E-state index contributed by atoms with van der Waals surface area (Å²) in [7, 11) is 0. The number of hydrogen-bond donors (Lipinski definition) is 0. The van der Waals surface area contributed by atoms with Crippen LogP contribution in [0, 0.1) is 39.9 Å². The third-order valence-electron chi connectivity index (χ3n) is 0. The Labute approximate surface area is 109 Å². The van der Waals surface area contributed by atoms with E-state index in [0.29, 0.717) is 0 Å². The molecular formula is GdMnO3Sr+3. The van der Waals surface area contributed by atoms with Crippen molar-refractivity contribution in [1.29, 1.82) is 0 Å². The summed E-state index contributed by atoms with van der Waals surface area (Å²) in [5.41, 5.74) is 0. The third kappa shape index (κ3) is 27.8. The van der Waals surface area contributed by atoms with E-state index >= 15 is 0 Å². The van der Waals surface area contributed by atoms with Crippen molar-refractivity contribution >= 4 is 45.5 Å². The van der Waals surface area contributed by atoms with E-state index in [1.807, 2.05) is 0 Å². The Balaban J connectivity index is -0.0000000450. The van der Waals surface area contributed by atoms with Gasteiger partial charge in [0.2, 0.25) is 0 Å². The van der Waals surface area contributed by atoms with Gasteiger partial charge in [0.05, 0.1) is 0 Å². The molecule has 0 N–H and O–H groups in total. The predicted octanol–water partition coefficient (Wildman–Crippen LogP) is -2.88. The molecule has 0 aromatic rings. The minimum absolute atomic E-state index is 0. The summed E-state index contributed by atoms with van der Waals surface area (Å²) in [6.07, 6.45) is 0. The van der Waals surface area contributed by atoms with Crippen LogP contribution in [0.3, 0.4) is 0 Å². The van der Waals surface area contributed by atoms with Gasteiger partial charge in [0, 0.05) is 0 Å². The van der Waals surface area contributed by atoms with Crippen molar-refractivity contribution in [2.45, 2.75) is 0 Å². The van der Waals surface area contributed by atoms with Crippen molar-refractivity contribution in [2.24, 2.45) is 0 Å². The summed E-state index contributed by atoms with van der Waals surface area (Å²) in [6, 6.07) is 0.